The molecule has 1 N–H and O–H groups in total. The average molecular weight is 276 g/mol. The minimum absolute atomic E-state index is 0.164. The molecule has 1 aromatic heterocycles. The van der Waals surface area contributed by atoms with Gasteiger partial charge in [-0.25, -0.2) is 9.78 Å². The lowest BCUT2D eigenvalue weighted by Crippen LogP contribution is -2.12. The number of carboxylic acids is 1. The molecule has 0 atom stereocenters. The zero-order chi connectivity index (χ0) is 14.0. The molecule has 2 aromatic rings. The molecule has 5 heteroatoms. The molecule has 0 amide bonds. The Morgan fingerprint density at radius 3 is 2.63 bits per heavy atom. The molecule has 0 aliphatic rings. The molecule has 1 heterocycles. The third-order valence-corrected chi connectivity index (χ3v) is 3.81. The van der Waals surface area contributed by atoms with Crippen molar-refractivity contribution < 1.29 is 9.90 Å². The van der Waals surface area contributed by atoms with Crippen LogP contribution in [-0.4, -0.2) is 35.1 Å². The summed E-state index contributed by atoms with van der Waals surface area (Å²) >= 11 is 1.45. The first-order chi connectivity index (χ1) is 8.99. The Morgan fingerprint density at radius 1 is 1.37 bits per heavy atom. The number of rotatable bonds is 4. The van der Waals surface area contributed by atoms with E-state index in [1.54, 1.807) is 0 Å². The lowest BCUT2D eigenvalue weighted by molar-refractivity contribution is 0.0689. The van der Waals surface area contributed by atoms with Crippen molar-refractivity contribution in [2.75, 3.05) is 14.1 Å². The summed E-state index contributed by atoms with van der Waals surface area (Å²) in [6.45, 7) is 2.59. The van der Waals surface area contributed by atoms with Gasteiger partial charge < -0.3 is 10.0 Å². The van der Waals surface area contributed by atoms with E-state index in [4.69, 9.17) is 0 Å². The van der Waals surface area contributed by atoms with Crippen molar-refractivity contribution in [2.45, 2.75) is 13.5 Å². The Labute approximate surface area is 116 Å². The number of hydrogen-bond donors (Lipinski definition) is 1. The fourth-order valence-electron chi connectivity index (χ4n) is 1.84. The SMILES string of the molecule is Cc1ccccc1-c1nc(C(=O)O)c(CN(C)C)s1. The van der Waals surface area contributed by atoms with Gasteiger partial charge in [-0.15, -0.1) is 11.3 Å². The Kier molecular flexibility index (Phi) is 3.97. The number of benzene rings is 1. The van der Waals surface area contributed by atoms with Crippen LogP contribution in [-0.2, 0) is 6.54 Å². The van der Waals surface area contributed by atoms with Gasteiger partial charge in [0.15, 0.2) is 5.69 Å². The maximum Gasteiger partial charge on any atom is 0.355 e. The molecule has 0 unspecified atom stereocenters. The van der Waals surface area contributed by atoms with E-state index in [1.165, 1.54) is 11.3 Å². The second-order valence-electron chi connectivity index (χ2n) is 4.65. The van der Waals surface area contributed by atoms with E-state index in [1.807, 2.05) is 50.2 Å². The summed E-state index contributed by atoms with van der Waals surface area (Å²) in [6, 6.07) is 7.88. The number of aryl methyl sites for hydroxylation is 1. The van der Waals surface area contributed by atoms with Gasteiger partial charge in [-0.3, -0.25) is 0 Å². The molecule has 100 valence electrons. The van der Waals surface area contributed by atoms with E-state index in [-0.39, 0.29) is 5.69 Å². The van der Waals surface area contributed by atoms with Crippen LogP contribution < -0.4 is 0 Å². The topological polar surface area (TPSA) is 53.4 Å². The van der Waals surface area contributed by atoms with Crippen LogP contribution in [0.2, 0.25) is 0 Å². The maximum atomic E-state index is 11.3. The lowest BCUT2D eigenvalue weighted by Gasteiger charge is -2.07. The van der Waals surface area contributed by atoms with E-state index in [0.29, 0.717) is 6.54 Å². The van der Waals surface area contributed by atoms with E-state index in [0.717, 1.165) is 21.0 Å². The fourth-order valence-corrected chi connectivity index (χ4v) is 3.10. The number of aromatic carboxylic acids is 1. The first-order valence-electron chi connectivity index (χ1n) is 5.92. The summed E-state index contributed by atoms with van der Waals surface area (Å²) in [6.07, 6.45) is 0. The van der Waals surface area contributed by atoms with Gasteiger partial charge in [0.1, 0.15) is 5.01 Å². The highest BCUT2D eigenvalue weighted by Crippen LogP contribution is 2.30. The Morgan fingerprint density at radius 2 is 2.05 bits per heavy atom. The first kappa shape index (κ1) is 13.7. The molecular formula is C14H16N2O2S. The number of aromatic nitrogens is 1. The molecular weight excluding hydrogens is 260 g/mol. The largest absolute Gasteiger partial charge is 0.476 e. The molecule has 0 aliphatic heterocycles. The zero-order valence-electron chi connectivity index (χ0n) is 11.2. The smallest absolute Gasteiger partial charge is 0.355 e. The van der Waals surface area contributed by atoms with Crippen LogP contribution in [0.5, 0.6) is 0 Å². The maximum absolute atomic E-state index is 11.3. The number of carbonyl (C=O) groups is 1. The molecule has 0 spiro atoms. The third-order valence-electron chi connectivity index (χ3n) is 2.74. The minimum Gasteiger partial charge on any atom is -0.476 e. The predicted octanol–water partition coefficient (Wildman–Crippen LogP) is 2.88. The molecule has 0 saturated carbocycles. The highest BCUT2D eigenvalue weighted by molar-refractivity contribution is 7.15. The van der Waals surface area contributed by atoms with E-state index in [9.17, 15) is 9.90 Å². The van der Waals surface area contributed by atoms with Gasteiger partial charge in [0.2, 0.25) is 0 Å². The third kappa shape index (κ3) is 3.00. The number of nitrogens with zero attached hydrogens (tertiary/aromatic N) is 2. The van der Waals surface area contributed by atoms with Crippen molar-refractivity contribution in [3.63, 3.8) is 0 Å². The van der Waals surface area contributed by atoms with Crippen LogP contribution in [0.15, 0.2) is 24.3 Å². The molecule has 1 aromatic carbocycles. The van der Waals surface area contributed by atoms with Crippen LogP contribution >= 0.6 is 11.3 Å². The Balaban J connectivity index is 2.49. The van der Waals surface area contributed by atoms with Crippen LogP contribution in [0.3, 0.4) is 0 Å². The van der Waals surface area contributed by atoms with Gasteiger partial charge in [0, 0.05) is 12.1 Å². The molecule has 4 nitrogen and oxygen atoms in total. The Bertz CT molecular complexity index is 605. The highest BCUT2D eigenvalue weighted by atomic mass is 32.1. The summed E-state index contributed by atoms with van der Waals surface area (Å²) in [5, 5.41) is 10.0. The minimum atomic E-state index is -0.965. The van der Waals surface area contributed by atoms with Crippen molar-refractivity contribution >= 4 is 17.3 Å². The average Bonchev–Trinajstić information content (AvgIpc) is 2.72. The molecule has 0 fully saturated rings. The lowest BCUT2D eigenvalue weighted by atomic mass is 10.1. The summed E-state index contributed by atoms with van der Waals surface area (Å²) < 4.78 is 0. The monoisotopic (exact) mass is 276 g/mol. The van der Waals surface area contributed by atoms with Gasteiger partial charge in [-0.1, -0.05) is 24.3 Å². The molecule has 19 heavy (non-hydrogen) atoms. The normalized spacial score (nSPS) is 10.9. The van der Waals surface area contributed by atoms with Crippen LogP contribution in [0.4, 0.5) is 0 Å². The van der Waals surface area contributed by atoms with Crippen LogP contribution in [0.25, 0.3) is 10.6 Å². The predicted molar refractivity (Wildman–Crippen MR) is 76.6 cm³/mol. The second kappa shape index (κ2) is 5.50. The van der Waals surface area contributed by atoms with E-state index >= 15 is 0 Å². The standard InChI is InChI=1S/C14H16N2O2S/c1-9-6-4-5-7-10(9)13-15-12(14(17)18)11(19-13)8-16(2)3/h4-7H,8H2,1-3H3,(H,17,18). The first-order valence-corrected chi connectivity index (χ1v) is 6.74. The molecule has 2 rings (SSSR count). The quantitative estimate of drug-likeness (QED) is 0.933. The fraction of sp³-hybridized carbons (Fsp3) is 0.286. The van der Waals surface area contributed by atoms with Gasteiger partial charge in [-0.2, -0.15) is 0 Å². The van der Waals surface area contributed by atoms with Crippen molar-refractivity contribution in [1.82, 2.24) is 9.88 Å². The van der Waals surface area contributed by atoms with E-state index in [2.05, 4.69) is 4.98 Å². The summed E-state index contributed by atoms with van der Waals surface area (Å²) in [4.78, 5) is 18.3. The number of carboxylic acid groups (broad SMARTS) is 1. The molecule has 0 aliphatic carbocycles. The summed E-state index contributed by atoms with van der Waals surface area (Å²) in [7, 11) is 3.83. The van der Waals surface area contributed by atoms with Crippen LogP contribution in [0.1, 0.15) is 20.9 Å². The molecule has 0 saturated heterocycles. The number of thiazole rings is 1. The van der Waals surface area contributed by atoms with E-state index < -0.39 is 5.97 Å². The van der Waals surface area contributed by atoms with Crippen molar-refractivity contribution in [2.24, 2.45) is 0 Å². The van der Waals surface area contributed by atoms with Gasteiger partial charge in [0.05, 0.1) is 4.88 Å². The van der Waals surface area contributed by atoms with Gasteiger partial charge in [0.25, 0.3) is 0 Å². The van der Waals surface area contributed by atoms with Gasteiger partial charge in [-0.05, 0) is 26.6 Å². The van der Waals surface area contributed by atoms with Crippen molar-refractivity contribution in [1.29, 1.82) is 0 Å². The summed E-state index contributed by atoms with van der Waals surface area (Å²) in [5.74, 6) is -0.965. The summed E-state index contributed by atoms with van der Waals surface area (Å²) in [5.41, 5.74) is 2.27. The molecule has 0 radical (unpaired) electrons. The molecule has 0 bridgehead atoms. The number of hydrogen-bond acceptors (Lipinski definition) is 4. The highest BCUT2D eigenvalue weighted by Gasteiger charge is 2.19. The Hall–Kier alpha value is -1.72. The van der Waals surface area contributed by atoms with Crippen molar-refractivity contribution in [3.8, 4) is 10.6 Å². The van der Waals surface area contributed by atoms with Crippen molar-refractivity contribution in [3.05, 3.63) is 40.4 Å². The second-order valence-corrected chi connectivity index (χ2v) is 5.73. The van der Waals surface area contributed by atoms with Gasteiger partial charge >= 0.3 is 5.97 Å². The van der Waals surface area contributed by atoms with Crippen LogP contribution in [0, 0.1) is 6.92 Å². The zero-order valence-corrected chi connectivity index (χ0v) is 12.0.